The highest BCUT2D eigenvalue weighted by Crippen LogP contribution is 2.20. The first-order valence-electron chi connectivity index (χ1n) is 8.62. The maximum atomic E-state index is 12.4. The molecule has 3 heterocycles. The Balaban J connectivity index is 1.53. The summed E-state index contributed by atoms with van der Waals surface area (Å²) >= 11 is 0. The van der Waals surface area contributed by atoms with Gasteiger partial charge in [0.05, 0.1) is 24.7 Å². The Morgan fingerprint density at radius 1 is 1.32 bits per heavy atom. The molecule has 2 amide bonds. The molecule has 1 aliphatic rings. The number of aromatic nitrogens is 3. The first-order valence-corrected chi connectivity index (χ1v) is 8.62. The number of aryl methyl sites for hydroxylation is 1. The van der Waals surface area contributed by atoms with Gasteiger partial charge in [0.15, 0.2) is 0 Å². The van der Waals surface area contributed by atoms with E-state index in [0.717, 1.165) is 24.5 Å². The SMILES string of the molecule is CCCn1ccnc1CNC(=O)[C@H]1CC(=O)N(Cc2ccccn2)C1. The Morgan fingerprint density at radius 2 is 2.20 bits per heavy atom. The number of pyridine rings is 1. The van der Waals surface area contributed by atoms with Crippen molar-refractivity contribution in [3.63, 3.8) is 0 Å². The highest BCUT2D eigenvalue weighted by atomic mass is 16.2. The number of nitrogens with one attached hydrogen (secondary N) is 1. The monoisotopic (exact) mass is 341 g/mol. The van der Waals surface area contributed by atoms with E-state index >= 15 is 0 Å². The Kier molecular flexibility index (Phi) is 5.42. The third kappa shape index (κ3) is 4.23. The molecule has 0 saturated carbocycles. The number of carbonyl (C=O) groups is 2. The van der Waals surface area contributed by atoms with E-state index in [1.165, 1.54) is 0 Å². The number of amides is 2. The average molecular weight is 341 g/mol. The van der Waals surface area contributed by atoms with E-state index in [4.69, 9.17) is 0 Å². The number of hydrogen-bond donors (Lipinski definition) is 1. The molecule has 3 rings (SSSR count). The zero-order valence-corrected chi connectivity index (χ0v) is 14.4. The highest BCUT2D eigenvalue weighted by molar-refractivity contribution is 5.89. The van der Waals surface area contributed by atoms with Crippen LogP contribution in [-0.4, -0.2) is 37.8 Å². The van der Waals surface area contributed by atoms with E-state index in [9.17, 15) is 9.59 Å². The number of likely N-dealkylation sites (tertiary alicyclic amines) is 1. The van der Waals surface area contributed by atoms with Crippen molar-refractivity contribution in [3.05, 3.63) is 48.3 Å². The van der Waals surface area contributed by atoms with Crippen molar-refractivity contribution in [2.45, 2.75) is 39.4 Å². The fourth-order valence-corrected chi connectivity index (χ4v) is 3.05. The van der Waals surface area contributed by atoms with E-state index in [2.05, 4.69) is 22.2 Å². The molecule has 0 bridgehead atoms. The van der Waals surface area contributed by atoms with Gasteiger partial charge in [0.2, 0.25) is 11.8 Å². The predicted molar refractivity (Wildman–Crippen MR) is 92.1 cm³/mol. The minimum atomic E-state index is -0.314. The van der Waals surface area contributed by atoms with E-state index in [1.54, 1.807) is 17.3 Å². The smallest absolute Gasteiger partial charge is 0.225 e. The summed E-state index contributed by atoms with van der Waals surface area (Å²) in [6.07, 6.45) is 6.63. The summed E-state index contributed by atoms with van der Waals surface area (Å²) < 4.78 is 2.04. The van der Waals surface area contributed by atoms with Gasteiger partial charge in [-0.25, -0.2) is 4.98 Å². The molecule has 0 aromatic carbocycles. The van der Waals surface area contributed by atoms with Crippen LogP contribution in [0.4, 0.5) is 0 Å². The van der Waals surface area contributed by atoms with E-state index in [-0.39, 0.29) is 24.2 Å². The van der Waals surface area contributed by atoms with Crippen molar-refractivity contribution in [2.24, 2.45) is 5.92 Å². The van der Waals surface area contributed by atoms with Crippen molar-refractivity contribution >= 4 is 11.8 Å². The van der Waals surface area contributed by atoms with Crippen LogP contribution in [0, 0.1) is 5.92 Å². The summed E-state index contributed by atoms with van der Waals surface area (Å²) in [4.78, 5) is 34.8. The molecule has 0 unspecified atom stereocenters. The Bertz CT molecular complexity index is 728. The van der Waals surface area contributed by atoms with Gasteiger partial charge in [0.1, 0.15) is 5.82 Å². The molecule has 1 atom stereocenters. The summed E-state index contributed by atoms with van der Waals surface area (Å²) in [6.45, 7) is 4.25. The Hall–Kier alpha value is -2.70. The Labute approximate surface area is 147 Å². The van der Waals surface area contributed by atoms with Gasteiger partial charge in [-0.1, -0.05) is 13.0 Å². The standard InChI is InChI=1S/C18H23N5O2/c1-2-8-22-9-7-20-16(22)11-21-18(25)14-10-17(24)23(12-14)13-15-5-3-4-6-19-15/h3-7,9,14H,2,8,10-13H2,1H3,(H,21,25)/t14-/m0/s1. The second-order valence-corrected chi connectivity index (χ2v) is 6.25. The number of carbonyl (C=O) groups excluding carboxylic acids is 2. The fourth-order valence-electron chi connectivity index (χ4n) is 3.05. The number of nitrogens with zero attached hydrogens (tertiary/aromatic N) is 4. The molecule has 2 aromatic heterocycles. The van der Waals surface area contributed by atoms with Gasteiger partial charge >= 0.3 is 0 Å². The van der Waals surface area contributed by atoms with Gasteiger partial charge in [-0.15, -0.1) is 0 Å². The lowest BCUT2D eigenvalue weighted by Crippen LogP contribution is -2.33. The van der Waals surface area contributed by atoms with Gasteiger partial charge in [0.25, 0.3) is 0 Å². The number of imidazole rings is 1. The second-order valence-electron chi connectivity index (χ2n) is 6.25. The van der Waals surface area contributed by atoms with Crippen LogP contribution in [0.2, 0.25) is 0 Å². The van der Waals surface area contributed by atoms with Gasteiger partial charge in [-0.2, -0.15) is 0 Å². The van der Waals surface area contributed by atoms with Crippen LogP contribution in [0.15, 0.2) is 36.8 Å². The van der Waals surface area contributed by atoms with Crippen LogP contribution >= 0.6 is 0 Å². The summed E-state index contributed by atoms with van der Waals surface area (Å²) in [6, 6.07) is 5.62. The van der Waals surface area contributed by atoms with Gasteiger partial charge < -0.3 is 14.8 Å². The van der Waals surface area contributed by atoms with Crippen molar-refractivity contribution in [2.75, 3.05) is 6.54 Å². The third-order valence-corrected chi connectivity index (χ3v) is 4.35. The van der Waals surface area contributed by atoms with Crippen LogP contribution in [-0.2, 0) is 29.2 Å². The summed E-state index contributed by atoms with van der Waals surface area (Å²) in [5.41, 5.74) is 0.832. The minimum absolute atomic E-state index is 0.00159. The van der Waals surface area contributed by atoms with E-state index in [1.807, 2.05) is 29.0 Å². The Morgan fingerprint density at radius 3 is 2.96 bits per heavy atom. The van der Waals surface area contributed by atoms with Crippen molar-refractivity contribution in [1.29, 1.82) is 0 Å². The molecule has 7 nitrogen and oxygen atoms in total. The molecule has 0 aliphatic carbocycles. The second kappa shape index (κ2) is 7.92. The lowest BCUT2D eigenvalue weighted by atomic mass is 10.1. The summed E-state index contributed by atoms with van der Waals surface area (Å²) in [5.74, 6) is 0.428. The molecule has 132 valence electrons. The van der Waals surface area contributed by atoms with Crippen LogP contribution < -0.4 is 5.32 Å². The average Bonchev–Trinajstić information content (AvgIpc) is 3.21. The van der Waals surface area contributed by atoms with Crippen LogP contribution in [0.5, 0.6) is 0 Å². The molecule has 1 saturated heterocycles. The molecule has 2 aromatic rings. The van der Waals surface area contributed by atoms with Gasteiger partial charge in [-0.05, 0) is 18.6 Å². The molecule has 7 heteroatoms. The van der Waals surface area contributed by atoms with Crippen molar-refractivity contribution in [1.82, 2.24) is 24.8 Å². The summed E-state index contributed by atoms with van der Waals surface area (Å²) in [7, 11) is 0. The van der Waals surface area contributed by atoms with Crippen LogP contribution in [0.25, 0.3) is 0 Å². The molecular weight excluding hydrogens is 318 g/mol. The van der Waals surface area contributed by atoms with Crippen molar-refractivity contribution < 1.29 is 9.59 Å². The number of rotatable bonds is 7. The minimum Gasteiger partial charge on any atom is -0.349 e. The van der Waals surface area contributed by atoms with Gasteiger partial charge in [-0.3, -0.25) is 14.6 Å². The third-order valence-electron chi connectivity index (χ3n) is 4.35. The largest absolute Gasteiger partial charge is 0.349 e. The topological polar surface area (TPSA) is 80.1 Å². The van der Waals surface area contributed by atoms with Crippen LogP contribution in [0.1, 0.15) is 31.3 Å². The van der Waals surface area contributed by atoms with Gasteiger partial charge in [0, 0.05) is 38.1 Å². The normalized spacial score (nSPS) is 17.1. The fraction of sp³-hybridized carbons (Fsp3) is 0.444. The molecule has 1 N–H and O–H groups in total. The zero-order valence-electron chi connectivity index (χ0n) is 14.4. The molecular formula is C18H23N5O2. The molecule has 1 fully saturated rings. The summed E-state index contributed by atoms with van der Waals surface area (Å²) in [5, 5.41) is 2.91. The first-order chi connectivity index (χ1) is 12.2. The molecule has 0 spiro atoms. The molecule has 1 aliphatic heterocycles. The zero-order chi connectivity index (χ0) is 17.6. The quantitative estimate of drug-likeness (QED) is 0.824. The first kappa shape index (κ1) is 17.1. The molecule has 0 radical (unpaired) electrons. The lowest BCUT2D eigenvalue weighted by Gasteiger charge is -2.16. The highest BCUT2D eigenvalue weighted by Gasteiger charge is 2.34. The van der Waals surface area contributed by atoms with E-state index in [0.29, 0.717) is 19.6 Å². The predicted octanol–water partition coefficient (Wildman–Crippen LogP) is 1.35. The maximum absolute atomic E-state index is 12.4. The number of hydrogen-bond acceptors (Lipinski definition) is 4. The van der Waals surface area contributed by atoms with Crippen LogP contribution in [0.3, 0.4) is 0 Å². The maximum Gasteiger partial charge on any atom is 0.225 e. The van der Waals surface area contributed by atoms with Crippen molar-refractivity contribution in [3.8, 4) is 0 Å². The van der Waals surface area contributed by atoms with E-state index < -0.39 is 0 Å². The molecule has 25 heavy (non-hydrogen) atoms. The lowest BCUT2D eigenvalue weighted by molar-refractivity contribution is -0.129.